The lowest BCUT2D eigenvalue weighted by molar-refractivity contribution is -0.147. The second-order valence-electron chi connectivity index (χ2n) is 9.48. The number of carbonyl (C=O) groups is 4. The second kappa shape index (κ2) is 8.84. The highest BCUT2D eigenvalue weighted by Gasteiger charge is 2.52. The van der Waals surface area contributed by atoms with E-state index in [4.69, 9.17) is 0 Å². The van der Waals surface area contributed by atoms with E-state index < -0.39 is 12.1 Å². The van der Waals surface area contributed by atoms with Crippen molar-refractivity contribution in [3.05, 3.63) is 22.4 Å². The standard InChI is InChI=1S/C23H30N4O4S/c28-19(12-16-7-4-10-32-16)24-15-11-18-21(29)25-17-8-9-26(20(17)23(31)27(18)13-15)22(30)14-5-2-1-3-6-14/h4,7,10,14-15,17-18,20H,1-3,5-6,8-9,11-13H2,(H,24,28)(H,25,29)/t15-,17-,18+,20-/m0/s1. The van der Waals surface area contributed by atoms with E-state index in [1.165, 1.54) is 17.8 Å². The molecule has 1 aromatic heterocycles. The minimum Gasteiger partial charge on any atom is -0.351 e. The van der Waals surface area contributed by atoms with Crippen LogP contribution in [0.5, 0.6) is 0 Å². The molecule has 4 atom stereocenters. The second-order valence-corrected chi connectivity index (χ2v) is 10.5. The summed E-state index contributed by atoms with van der Waals surface area (Å²) in [4.78, 5) is 56.5. The first-order chi connectivity index (χ1) is 15.5. The number of hydrogen-bond acceptors (Lipinski definition) is 5. The molecule has 3 saturated heterocycles. The molecular weight excluding hydrogens is 428 g/mol. The van der Waals surface area contributed by atoms with Gasteiger partial charge in [0.2, 0.25) is 23.6 Å². The molecule has 4 heterocycles. The Balaban J connectivity index is 1.28. The number of amides is 4. The lowest BCUT2D eigenvalue weighted by atomic mass is 9.88. The van der Waals surface area contributed by atoms with Gasteiger partial charge in [-0.15, -0.1) is 11.3 Å². The minimum atomic E-state index is -0.626. The SMILES string of the molecule is O=C(Cc1cccs1)N[C@H]1C[C@@H]2C(=O)N[C@H]3CCN(C(=O)C4CCCCC4)[C@@H]3C(=O)N2C1. The summed E-state index contributed by atoms with van der Waals surface area (Å²) in [5.41, 5.74) is 0. The Hall–Kier alpha value is -2.42. The quantitative estimate of drug-likeness (QED) is 0.705. The molecule has 3 aliphatic heterocycles. The normalized spacial score (nSPS) is 30.5. The third kappa shape index (κ3) is 4.02. The van der Waals surface area contributed by atoms with Gasteiger partial charge >= 0.3 is 0 Å². The molecule has 1 aromatic rings. The molecular formula is C23H30N4O4S. The van der Waals surface area contributed by atoms with Crippen LogP contribution in [0.25, 0.3) is 0 Å². The van der Waals surface area contributed by atoms with Gasteiger partial charge in [-0.3, -0.25) is 19.2 Å². The molecule has 0 unspecified atom stereocenters. The van der Waals surface area contributed by atoms with Crippen molar-refractivity contribution in [2.45, 2.75) is 75.5 Å². The summed E-state index contributed by atoms with van der Waals surface area (Å²) < 4.78 is 0. The first-order valence-corrected chi connectivity index (χ1v) is 12.6. The smallest absolute Gasteiger partial charge is 0.248 e. The number of fused-ring (bicyclic) bond motifs is 2. The third-order valence-corrected chi connectivity index (χ3v) is 8.26. The Kier molecular flexibility index (Phi) is 5.92. The van der Waals surface area contributed by atoms with Gasteiger partial charge in [0.1, 0.15) is 12.1 Å². The van der Waals surface area contributed by atoms with Crippen molar-refractivity contribution in [2.75, 3.05) is 13.1 Å². The Bertz CT molecular complexity index is 898. The van der Waals surface area contributed by atoms with Crippen molar-refractivity contribution in [3.8, 4) is 0 Å². The van der Waals surface area contributed by atoms with Crippen LogP contribution in [0.15, 0.2) is 17.5 Å². The van der Waals surface area contributed by atoms with E-state index in [9.17, 15) is 19.2 Å². The molecule has 1 saturated carbocycles. The molecule has 0 aromatic carbocycles. The lowest BCUT2D eigenvalue weighted by Gasteiger charge is -2.32. The van der Waals surface area contributed by atoms with Crippen LogP contribution in [0.2, 0.25) is 0 Å². The Labute approximate surface area is 191 Å². The van der Waals surface area contributed by atoms with E-state index in [1.807, 2.05) is 17.5 Å². The van der Waals surface area contributed by atoms with Crippen molar-refractivity contribution in [1.29, 1.82) is 0 Å². The van der Waals surface area contributed by atoms with Crippen molar-refractivity contribution in [2.24, 2.45) is 5.92 Å². The first kappa shape index (κ1) is 21.4. The zero-order valence-corrected chi connectivity index (χ0v) is 18.9. The highest BCUT2D eigenvalue weighted by molar-refractivity contribution is 7.10. The summed E-state index contributed by atoms with van der Waals surface area (Å²) in [5.74, 6) is -0.371. The van der Waals surface area contributed by atoms with Crippen LogP contribution >= 0.6 is 11.3 Å². The molecule has 172 valence electrons. The van der Waals surface area contributed by atoms with Gasteiger partial charge in [-0.25, -0.2) is 0 Å². The van der Waals surface area contributed by atoms with Crippen LogP contribution < -0.4 is 10.6 Å². The first-order valence-electron chi connectivity index (χ1n) is 11.7. The van der Waals surface area contributed by atoms with Crippen LogP contribution in [-0.4, -0.2) is 70.7 Å². The predicted octanol–water partition coefficient (Wildman–Crippen LogP) is 1.06. The van der Waals surface area contributed by atoms with E-state index in [-0.39, 0.29) is 41.6 Å². The van der Waals surface area contributed by atoms with E-state index in [1.54, 1.807) is 9.80 Å². The average molecular weight is 459 g/mol. The van der Waals surface area contributed by atoms with Gasteiger partial charge in [0.15, 0.2) is 0 Å². The molecule has 9 heteroatoms. The number of nitrogens with zero attached hydrogens (tertiary/aromatic N) is 2. The highest BCUT2D eigenvalue weighted by Crippen LogP contribution is 2.32. The van der Waals surface area contributed by atoms with Crippen LogP contribution in [0.1, 0.15) is 49.8 Å². The fourth-order valence-corrected chi connectivity index (χ4v) is 6.52. The number of carbonyl (C=O) groups excluding carboxylic acids is 4. The summed E-state index contributed by atoms with van der Waals surface area (Å²) in [6, 6.07) is 2.03. The largest absolute Gasteiger partial charge is 0.351 e. The molecule has 5 rings (SSSR count). The molecule has 0 bridgehead atoms. The van der Waals surface area contributed by atoms with Gasteiger partial charge in [-0.2, -0.15) is 0 Å². The van der Waals surface area contributed by atoms with E-state index in [0.717, 1.165) is 30.6 Å². The van der Waals surface area contributed by atoms with Crippen LogP contribution in [0.3, 0.4) is 0 Å². The Morgan fingerprint density at radius 3 is 2.72 bits per heavy atom. The summed E-state index contributed by atoms with van der Waals surface area (Å²) in [7, 11) is 0. The molecule has 4 fully saturated rings. The number of likely N-dealkylation sites (tertiary alicyclic amines) is 1. The molecule has 32 heavy (non-hydrogen) atoms. The van der Waals surface area contributed by atoms with Gasteiger partial charge < -0.3 is 20.4 Å². The van der Waals surface area contributed by atoms with Gasteiger partial charge in [0.05, 0.1) is 12.5 Å². The summed E-state index contributed by atoms with van der Waals surface area (Å²) in [5, 5.41) is 7.96. The van der Waals surface area contributed by atoms with Crippen molar-refractivity contribution in [3.63, 3.8) is 0 Å². The van der Waals surface area contributed by atoms with Gasteiger partial charge in [0, 0.05) is 29.9 Å². The number of rotatable bonds is 4. The zero-order chi connectivity index (χ0) is 22.2. The van der Waals surface area contributed by atoms with Crippen LogP contribution in [0.4, 0.5) is 0 Å². The van der Waals surface area contributed by atoms with E-state index >= 15 is 0 Å². The average Bonchev–Trinajstić information content (AvgIpc) is 3.52. The monoisotopic (exact) mass is 458 g/mol. The van der Waals surface area contributed by atoms with Crippen LogP contribution in [0, 0.1) is 5.92 Å². The summed E-state index contributed by atoms with van der Waals surface area (Å²) >= 11 is 1.53. The molecule has 4 amide bonds. The molecule has 8 nitrogen and oxygen atoms in total. The predicted molar refractivity (Wildman–Crippen MR) is 119 cm³/mol. The Morgan fingerprint density at radius 1 is 1.16 bits per heavy atom. The van der Waals surface area contributed by atoms with Crippen LogP contribution in [-0.2, 0) is 25.6 Å². The number of nitrogens with one attached hydrogen (secondary N) is 2. The molecule has 1 aliphatic carbocycles. The third-order valence-electron chi connectivity index (χ3n) is 7.38. The fourth-order valence-electron chi connectivity index (χ4n) is 5.81. The van der Waals surface area contributed by atoms with Crippen molar-refractivity contribution >= 4 is 35.0 Å². The minimum absolute atomic E-state index is 0.00656. The summed E-state index contributed by atoms with van der Waals surface area (Å²) in [6.07, 6.45) is 6.38. The molecule has 4 aliphatic rings. The zero-order valence-electron chi connectivity index (χ0n) is 18.1. The molecule has 0 radical (unpaired) electrons. The maximum absolute atomic E-state index is 13.6. The number of hydrogen-bond donors (Lipinski definition) is 2. The van der Waals surface area contributed by atoms with Gasteiger partial charge in [0.25, 0.3) is 0 Å². The van der Waals surface area contributed by atoms with E-state index in [2.05, 4.69) is 10.6 Å². The van der Waals surface area contributed by atoms with Gasteiger partial charge in [-0.1, -0.05) is 25.3 Å². The molecule has 2 N–H and O–H groups in total. The van der Waals surface area contributed by atoms with Crippen molar-refractivity contribution in [1.82, 2.24) is 20.4 Å². The topological polar surface area (TPSA) is 98.8 Å². The fraction of sp³-hybridized carbons (Fsp3) is 0.652. The van der Waals surface area contributed by atoms with E-state index in [0.29, 0.717) is 32.4 Å². The lowest BCUT2D eigenvalue weighted by Crippen LogP contribution is -2.53. The maximum Gasteiger partial charge on any atom is 0.248 e. The summed E-state index contributed by atoms with van der Waals surface area (Å²) in [6.45, 7) is 0.817. The maximum atomic E-state index is 13.6. The van der Waals surface area contributed by atoms with Crippen molar-refractivity contribution < 1.29 is 19.2 Å². The molecule has 0 spiro atoms. The number of thiophene rings is 1. The van der Waals surface area contributed by atoms with Gasteiger partial charge in [-0.05, 0) is 37.1 Å². The highest BCUT2D eigenvalue weighted by atomic mass is 32.1. The Morgan fingerprint density at radius 2 is 1.97 bits per heavy atom.